The molecule has 0 saturated carbocycles. The lowest BCUT2D eigenvalue weighted by molar-refractivity contribution is -0.737. The third-order valence-corrected chi connectivity index (χ3v) is 8.48. The van der Waals surface area contributed by atoms with E-state index in [1.165, 1.54) is 11.6 Å². The number of imidazole rings is 1. The summed E-state index contributed by atoms with van der Waals surface area (Å²) in [6, 6.07) is 22.3. The van der Waals surface area contributed by atoms with E-state index in [0.29, 0.717) is 48.6 Å². The van der Waals surface area contributed by atoms with Gasteiger partial charge in [0, 0.05) is 12.7 Å². The average Bonchev–Trinajstić information content (AvgIpc) is 3.61. The minimum Gasteiger partial charge on any atom is -0.379 e. The molecule has 0 aliphatic carbocycles. The number of benzene rings is 3. The predicted molar refractivity (Wildman–Crippen MR) is 163 cm³/mol. The molecule has 3 aromatic carbocycles. The van der Waals surface area contributed by atoms with Crippen LogP contribution in [0.4, 0.5) is 14.6 Å². The summed E-state index contributed by atoms with van der Waals surface area (Å²) < 4.78 is 35.5. The fraction of sp³-hybridized carbons (Fsp3) is 0.324. The maximum Gasteiger partial charge on any atom is 0.375 e. The van der Waals surface area contributed by atoms with Crippen LogP contribution in [0.5, 0.6) is 0 Å². The van der Waals surface area contributed by atoms with Crippen LogP contribution in [0, 0.1) is 17.6 Å². The van der Waals surface area contributed by atoms with E-state index >= 15 is 0 Å². The average molecular weight is 585 g/mol. The number of methoxy groups -OCH3 is 1. The third kappa shape index (κ3) is 5.28. The highest BCUT2D eigenvalue weighted by Gasteiger charge is 2.54. The van der Waals surface area contributed by atoms with E-state index in [1.54, 1.807) is 13.2 Å². The maximum atomic E-state index is 14.3. The van der Waals surface area contributed by atoms with Crippen molar-refractivity contribution in [3.8, 4) is 11.4 Å². The topological polar surface area (TPSA) is 59.7 Å². The molecule has 0 saturated heterocycles. The first kappa shape index (κ1) is 28.9. The molecular weight excluding hydrogens is 548 g/mol. The Balaban J connectivity index is 1.48. The predicted octanol–water partition coefficient (Wildman–Crippen LogP) is 5.91. The summed E-state index contributed by atoms with van der Waals surface area (Å²) in [4.78, 5) is 26.4. The Kier molecular flexibility index (Phi) is 7.70. The van der Waals surface area contributed by atoms with Gasteiger partial charge in [-0.1, -0.05) is 74.5 Å². The van der Waals surface area contributed by atoms with Crippen LogP contribution in [0.2, 0.25) is 0 Å². The number of carbonyl (C=O) groups excluding carboxylic acids is 1. The van der Waals surface area contributed by atoms with E-state index in [2.05, 4.69) is 43.0 Å². The maximum absolute atomic E-state index is 14.3. The van der Waals surface area contributed by atoms with E-state index in [-0.39, 0.29) is 28.9 Å². The van der Waals surface area contributed by atoms with Gasteiger partial charge in [0.1, 0.15) is 12.4 Å². The first-order valence-corrected chi connectivity index (χ1v) is 14.6. The number of aromatic nitrogens is 2. The van der Waals surface area contributed by atoms with Crippen LogP contribution in [0.1, 0.15) is 41.0 Å². The molecule has 1 aromatic heterocycles. The number of anilines is 1. The second kappa shape index (κ2) is 11.5. The smallest absolute Gasteiger partial charge is 0.375 e. The number of fused-ring (bicyclic) bond motifs is 3. The molecule has 6 rings (SSSR count). The number of hydrogen-bond donors (Lipinski definition) is 0. The SMILES string of the molecule is COCC[N+]1(C)C(=O)c2nc(-c3ccc(Cc4ccccc4)cc3)n(Cc3ccc(F)c(F)c3)c2N2CC(C(C)C)N=C21. The Morgan fingerprint density at radius 1 is 0.977 bits per heavy atom. The van der Waals surface area contributed by atoms with Crippen LogP contribution < -0.4 is 4.90 Å². The third-order valence-electron chi connectivity index (χ3n) is 8.48. The van der Waals surface area contributed by atoms with Gasteiger partial charge in [-0.05, 0) is 41.2 Å². The summed E-state index contributed by atoms with van der Waals surface area (Å²) in [5, 5.41) is 0. The molecule has 3 heterocycles. The summed E-state index contributed by atoms with van der Waals surface area (Å²) in [5.74, 6) is 0.144. The van der Waals surface area contributed by atoms with E-state index in [9.17, 15) is 13.6 Å². The minimum atomic E-state index is -0.915. The van der Waals surface area contributed by atoms with Crippen molar-refractivity contribution in [2.45, 2.75) is 32.9 Å². The number of ether oxygens (including phenoxy) is 1. The fourth-order valence-electron chi connectivity index (χ4n) is 5.92. The van der Waals surface area contributed by atoms with Gasteiger partial charge in [-0.2, -0.15) is 4.48 Å². The Bertz CT molecular complexity index is 1680. The molecule has 0 spiro atoms. The van der Waals surface area contributed by atoms with Gasteiger partial charge in [-0.15, -0.1) is 0 Å². The van der Waals surface area contributed by atoms with Crippen molar-refractivity contribution < 1.29 is 22.8 Å². The van der Waals surface area contributed by atoms with Gasteiger partial charge in [-0.3, -0.25) is 4.90 Å². The second-order valence-corrected chi connectivity index (χ2v) is 11.9. The lowest BCUT2D eigenvalue weighted by atomic mass is 10.0. The number of hydrogen-bond acceptors (Lipinski definition) is 5. The number of amides is 1. The Hall–Kier alpha value is -4.21. The van der Waals surface area contributed by atoms with Gasteiger partial charge in [0.15, 0.2) is 17.5 Å². The minimum absolute atomic E-state index is 0.0129. The molecule has 0 bridgehead atoms. The first-order valence-electron chi connectivity index (χ1n) is 14.6. The zero-order valence-electron chi connectivity index (χ0n) is 24.9. The summed E-state index contributed by atoms with van der Waals surface area (Å²) >= 11 is 0. The van der Waals surface area contributed by atoms with Crippen LogP contribution in [0.15, 0.2) is 77.8 Å². The highest BCUT2D eigenvalue weighted by molar-refractivity contribution is 6.11. The zero-order chi connectivity index (χ0) is 30.3. The van der Waals surface area contributed by atoms with Gasteiger partial charge in [0.2, 0.25) is 5.69 Å². The number of aliphatic imine (C=N–C) groups is 1. The molecule has 0 N–H and O–H groups in total. The molecule has 0 fully saturated rings. The summed E-state index contributed by atoms with van der Waals surface area (Å²) in [6.45, 7) is 5.82. The van der Waals surface area contributed by atoms with Crippen LogP contribution in [-0.4, -0.2) is 65.8 Å². The van der Waals surface area contributed by atoms with Gasteiger partial charge in [-0.25, -0.2) is 23.6 Å². The molecule has 2 atom stereocenters. The fourth-order valence-corrected chi connectivity index (χ4v) is 5.92. The highest BCUT2D eigenvalue weighted by atomic mass is 19.2. The quantitative estimate of drug-likeness (QED) is 0.230. The molecule has 0 radical (unpaired) electrons. The molecule has 7 nitrogen and oxygen atoms in total. The standard InChI is InChI=1S/C34H36F2N5O2/c1-22(2)29-21-40-32-30(33(42)41(3,16-17-43-4)34(40)37-29)38-31(39(32)20-25-12-15-27(35)28(36)19-25)26-13-10-24(11-14-26)18-23-8-6-5-7-9-23/h5-15,19,22,29H,16-18,20-21H2,1-4H3/q+1. The zero-order valence-corrected chi connectivity index (χ0v) is 24.9. The molecular formula is C34H36F2N5O2+. The van der Waals surface area contributed by atoms with Crippen molar-refractivity contribution in [2.24, 2.45) is 10.9 Å². The van der Waals surface area contributed by atoms with Crippen molar-refractivity contribution in [3.63, 3.8) is 0 Å². The lowest BCUT2D eigenvalue weighted by Gasteiger charge is -2.38. The van der Waals surface area contributed by atoms with Crippen molar-refractivity contribution in [1.29, 1.82) is 0 Å². The molecule has 2 aliphatic rings. The number of nitrogens with zero attached hydrogens (tertiary/aromatic N) is 5. The lowest BCUT2D eigenvalue weighted by Crippen LogP contribution is -2.63. The highest BCUT2D eigenvalue weighted by Crippen LogP contribution is 2.40. The Morgan fingerprint density at radius 2 is 1.67 bits per heavy atom. The Morgan fingerprint density at radius 3 is 2.35 bits per heavy atom. The van der Waals surface area contributed by atoms with Gasteiger partial charge in [0.05, 0.1) is 32.8 Å². The molecule has 2 aliphatic heterocycles. The van der Waals surface area contributed by atoms with Crippen molar-refractivity contribution in [3.05, 3.63) is 107 Å². The molecule has 43 heavy (non-hydrogen) atoms. The van der Waals surface area contributed by atoms with E-state index in [0.717, 1.165) is 23.6 Å². The van der Waals surface area contributed by atoms with Crippen molar-refractivity contribution in [2.75, 3.05) is 38.8 Å². The monoisotopic (exact) mass is 584 g/mol. The summed E-state index contributed by atoms with van der Waals surface area (Å²) in [7, 11) is 3.48. The summed E-state index contributed by atoms with van der Waals surface area (Å²) in [5.41, 5.74) is 4.09. The van der Waals surface area contributed by atoms with Crippen LogP contribution in [0.3, 0.4) is 0 Å². The molecule has 222 valence electrons. The second-order valence-electron chi connectivity index (χ2n) is 11.9. The van der Waals surface area contributed by atoms with Gasteiger partial charge in [0.25, 0.3) is 0 Å². The first-order chi connectivity index (χ1) is 20.7. The number of guanidine groups is 1. The number of halogens is 2. The number of quaternary nitrogens is 1. The van der Waals surface area contributed by atoms with Crippen molar-refractivity contribution >= 4 is 17.7 Å². The van der Waals surface area contributed by atoms with Crippen LogP contribution in [0.25, 0.3) is 11.4 Å². The normalized spacial score (nSPS) is 19.5. The molecule has 9 heteroatoms. The van der Waals surface area contributed by atoms with Crippen LogP contribution >= 0.6 is 0 Å². The van der Waals surface area contributed by atoms with E-state index in [1.807, 2.05) is 41.9 Å². The Labute approximate surface area is 250 Å². The van der Waals surface area contributed by atoms with Gasteiger partial charge < -0.3 is 9.30 Å². The number of carbonyl (C=O) groups is 1. The van der Waals surface area contributed by atoms with Crippen LogP contribution in [-0.2, 0) is 17.7 Å². The van der Waals surface area contributed by atoms with E-state index in [4.69, 9.17) is 14.7 Å². The molecule has 4 aromatic rings. The van der Waals surface area contributed by atoms with E-state index < -0.39 is 11.6 Å². The molecule has 1 amide bonds. The van der Waals surface area contributed by atoms with Gasteiger partial charge >= 0.3 is 11.9 Å². The largest absolute Gasteiger partial charge is 0.379 e. The summed E-state index contributed by atoms with van der Waals surface area (Å²) in [6.07, 6.45) is 0.791. The van der Waals surface area contributed by atoms with Crippen molar-refractivity contribution in [1.82, 2.24) is 9.55 Å². The number of likely N-dealkylation sites (N-methyl/N-ethyl adjacent to an activating group) is 1. The number of rotatable bonds is 9. The molecule has 2 unspecified atom stereocenters.